The molecular formula is C15H24. The van der Waals surface area contributed by atoms with Gasteiger partial charge in [0.25, 0.3) is 0 Å². The molecule has 1 aromatic rings. The third kappa shape index (κ3) is 3.70. The van der Waals surface area contributed by atoms with Gasteiger partial charge in [-0.05, 0) is 29.7 Å². The van der Waals surface area contributed by atoms with Crippen LogP contribution in [0.2, 0.25) is 0 Å². The summed E-state index contributed by atoms with van der Waals surface area (Å²) in [4.78, 5) is 0. The van der Waals surface area contributed by atoms with Crippen LogP contribution >= 0.6 is 0 Å². The Hall–Kier alpha value is -0.780. The van der Waals surface area contributed by atoms with E-state index in [9.17, 15) is 0 Å². The molecule has 0 radical (unpaired) electrons. The van der Waals surface area contributed by atoms with Gasteiger partial charge < -0.3 is 0 Å². The highest BCUT2D eigenvalue weighted by Crippen LogP contribution is 2.33. The standard InChI is InChI=1S/C15H24/c1-5-13(2)15(3,4)12-11-14-9-7-6-8-10-14/h6-10,13H,5,11-12H2,1-4H3. The van der Waals surface area contributed by atoms with Crippen LogP contribution in [0.15, 0.2) is 30.3 Å². The van der Waals surface area contributed by atoms with Crippen molar-refractivity contribution in [1.82, 2.24) is 0 Å². The van der Waals surface area contributed by atoms with Crippen LogP contribution in [0.1, 0.15) is 46.1 Å². The second-order valence-electron chi connectivity index (χ2n) is 5.28. The van der Waals surface area contributed by atoms with Crippen LogP contribution in [0.5, 0.6) is 0 Å². The van der Waals surface area contributed by atoms with Crippen LogP contribution in [0.4, 0.5) is 0 Å². The van der Waals surface area contributed by atoms with Gasteiger partial charge >= 0.3 is 0 Å². The van der Waals surface area contributed by atoms with Gasteiger partial charge in [0.1, 0.15) is 0 Å². The first-order valence-corrected chi connectivity index (χ1v) is 6.10. The minimum absolute atomic E-state index is 0.463. The minimum Gasteiger partial charge on any atom is -0.0651 e. The van der Waals surface area contributed by atoms with Gasteiger partial charge in [0.15, 0.2) is 0 Å². The maximum absolute atomic E-state index is 2.39. The summed E-state index contributed by atoms with van der Waals surface area (Å²) in [6, 6.07) is 10.8. The lowest BCUT2D eigenvalue weighted by atomic mass is 9.74. The lowest BCUT2D eigenvalue weighted by Crippen LogP contribution is -2.21. The van der Waals surface area contributed by atoms with Gasteiger partial charge in [-0.25, -0.2) is 0 Å². The van der Waals surface area contributed by atoms with E-state index in [0.29, 0.717) is 5.41 Å². The van der Waals surface area contributed by atoms with Crippen molar-refractivity contribution >= 4 is 0 Å². The quantitative estimate of drug-likeness (QED) is 0.652. The van der Waals surface area contributed by atoms with Gasteiger partial charge in [0.05, 0.1) is 0 Å². The Kier molecular flexibility index (Phi) is 4.38. The van der Waals surface area contributed by atoms with Crippen molar-refractivity contribution in [3.63, 3.8) is 0 Å². The first-order chi connectivity index (χ1) is 7.06. The molecule has 0 aliphatic heterocycles. The highest BCUT2D eigenvalue weighted by atomic mass is 14.3. The molecule has 0 N–H and O–H groups in total. The van der Waals surface area contributed by atoms with Gasteiger partial charge in [-0.15, -0.1) is 0 Å². The molecule has 0 heterocycles. The predicted molar refractivity (Wildman–Crippen MR) is 68.0 cm³/mol. The normalized spacial score (nSPS) is 13.9. The topological polar surface area (TPSA) is 0 Å². The van der Waals surface area contributed by atoms with E-state index >= 15 is 0 Å². The second kappa shape index (κ2) is 5.34. The molecule has 0 heteroatoms. The molecule has 0 saturated heterocycles. The van der Waals surface area contributed by atoms with Crippen LogP contribution in [0.3, 0.4) is 0 Å². The summed E-state index contributed by atoms with van der Waals surface area (Å²) in [5.74, 6) is 0.807. The molecule has 1 rings (SSSR count). The second-order valence-corrected chi connectivity index (χ2v) is 5.28. The highest BCUT2D eigenvalue weighted by molar-refractivity contribution is 5.14. The van der Waals surface area contributed by atoms with Crippen molar-refractivity contribution < 1.29 is 0 Å². The lowest BCUT2D eigenvalue weighted by molar-refractivity contribution is 0.206. The van der Waals surface area contributed by atoms with E-state index in [-0.39, 0.29) is 0 Å². The van der Waals surface area contributed by atoms with Gasteiger partial charge in [-0.3, -0.25) is 0 Å². The Bertz CT molecular complexity index is 271. The molecule has 0 spiro atoms. The Morgan fingerprint density at radius 3 is 2.27 bits per heavy atom. The van der Waals surface area contributed by atoms with Gasteiger partial charge in [-0.1, -0.05) is 64.4 Å². The molecule has 1 aromatic carbocycles. The molecule has 0 aliphatic carbocycles. The monoisotopic (exact) mass is 204 g/mol. The molecule has 0 aromatic heterocycles. The summed E-state index contributed by atoms with van der Waals surface area (Å²) in [6.45, 7) is 9.44. The molecule has 1 atom stereocenters. The molecule has 1 unspecified atom stereocenters. The van der Waals surface area contributed by atoms with E-state index < -0.39 is 0 Å². The SMILES string of the molecule is CCC(C)C(C)(C)CCc1ccccc1. The molecule has 0 amide bonds. The summed E-state index contributed by atoms with van der Waals surface area (Å²) in [5.41, 5.74) is 1.93. The maximum atomic E-state index is 2.39. The molecule has 0 nitrogen and oxygen atoms in total. The zero-order valence-electron chi connectivity index (χ0n) is 10.6. The number of aryl methyl sites for hydroxylation is 1. The van der Waals surface area contributed by atoms with Gasteiger partial charge in [0.2, 0.25) is 0 Å². The Balaban J connectivity index is 2.49. The van der Waals surface area contributed by atoms with Crippen molar-refractivity contribution in [1.29, 1.82) is 0 Å². The van der Waals surface area contributed by atoms with Crippen LogP contribution < -0.4 is 0 Å². The largest absolute Gasteiger partial charge is 0.0651 e. The van der Waals surface area contributed by atoms with Crippen molar-refractivity contribution in [2.45, 2.75) is 47.0 Å². The predicted octanol–water partition coefficient (Wildman–Crippen LogP) is 4.69. The number of benzene rings is 1. The molecule has 0 saturated carbocycles. The molecule has 84 valence electrons. The smallest absolute Gasteiger partial charge is 0.0274 e. The zero-order chi connectivity index (χ0) is 11.3. The van der Waals surface area contributed by atoms with Crippen LogP contribution in [0, 0.1) is 11.3 Å². The Morgan fingerprint density at radius 1 is 1.13 bits per heavy atom. The maximum Gasteiger partial charge on any atom is -0.0274 e. The average molecular weight is 204 g/mol. The highest BCUT2D eigenvalue weighted by Gasteiger charge is 2.23. The third-order valence-corrected chi connectivity index (χ3v) is 3.85. The van der Waals surface area contributed by atoms with Crippen molar-refractivity contribution in [3.05, 3.63) is 35.9 Å². The minimum atomic E-state index is 0.463. The summed E-state index contributed by atoms with van der Waals surface area (Å²) < 4.78 is 0. The lowest BCUT2D eigenvalue weighted by Gasteiger charge is -2.31. The van der Waals surface area contributed by atoms with Crippen molar-refractivity contribution in [2.24, 2.45) is 11.3 Å². The molecule has 15 heavy (non-hydrogen) atoms. The Labute approximate surface area is 94.7 Å². The van der Waals surface area contributed by atoms with Crippen LogP contribution in [-0.2, 0) is 6.42 Å². The number of hydrogen-bond acceptors (Lipinski definition) is 0. The molecule has 0 aliphatic rings. The summed E-state index contributed by atoms with van der Waals surface area (Å²) >= 11 is 0. The van der Waals surface area contributed by atoms with E-state index in [2.05, 4.69) is 58.0 Å². The molecule has 0 bridgehead atoms. The average Bonchev–Trinajstić information content (AvgIpc) is 2.27. The van der Waals surface area contributed by atoms with E-state index in [4.69, 9.17) is 0 Å². The molecule has 0 fully saturated rings. The van der Waals surface area contributed by atoms with E-state index in [1.54, 1.807) is 0 Å². The van der Waals surface area contributed by atoms with Crippen molar-refractivity contribution in [2.75, 3.05) is 0 Å². The summed E-state index contributed by atoms with van der Waals surface area (Å²) in [6.07, 6.45) is 3.77. The number of hydrogen-bond donors (Lipinski definition) is 0. The fourth-order valence-electron chi connectivity index (χ4n) is 1.91. The van der Waals surface area contributed by atoms with Crippen LogP contribution in [0.25, 0.3) is 0 Å². The first-order valence-electron chi connectivity index (χ1n) is 6.10. The zero-order valence-corrected chi connectivity index (χ0v) is 10.6. The van der Waals surface area contributed by atoms with Crippen LogP contribution in [-0.4, -0.2) is 0 Å². The number of rotatable bonds is 5. The Morgan fingerprint density at radius 2 is 1.73 bits per heavy atom. The van der Waals surface area contributed by atoms with Gasteiger partial charge in [-0.2, -0.15) is 0 Å². The fourth-order valence-corrected chi connectivity index (χ4v) is 1.91. The van der Waals surface area contributed by atoms with E-state index in [0.717, 1.165) is 5.92 Å². The molecular weight excluding hydrogens is 180 g/mol. The first kappa shape index (κ1) is 12.3. The van der Waals surface area contributed by atoms with E-state index in [1.165, 1.54) is 24.8 Å². The van der Waals surface area contributed by atoms with Crippen molar-refractivity contribution in [3.8, 4) is 0 Å². The van der Waals surface area contributed by atoms with Gasteiger partial charge in [0, 0.05) is 0 Å². The third-order valence-electron chi connectivity index (χ3n) is 3.85. The van der Waals surface area contributed by atoms with E-state index in [1.807, 2.05) is 0 Å². The fraction of sp³-hybridized carbons (Fsp3) is 0.600. The summed E-state index contributed by atoms with van der Waals surface area (Å²) in [7, 11) is 0. The summed E-state index contributed by atoms with van der Waals surface area (Å²) in [5, 5.41) is 0.